The first-order chi connectivity index (χ1) is 15.2. The molecular formula is C24H30N4O3. The predicted molar refractivity (Wildman–Crippen MR) is 124 cm³/mol. The van der Waals surface area contributed by atoms with Gasteiger partial charge in [-0.3, -0.25) is 0 Å². The first kappa shape index (κ1) is 21.2. The second kappa shape index (κ2) is 9.83. The molecule has 0 amide bonds. The monoisotopic (exact) mass is 422 g/mol. The van der Waals surface area contributed by atoms with Crippen LogP contribution in [0.1, 0.15) is 26.3 Å². The van der Waals surface area contributed by atoms with Crippen molar-refractivity contribution in [1.29, 1.82) is 0 Å². The van der Waals surface area contributed by atoms with Crippen LogP contribution in [0.25, 0.3) is 10.9 Å². The molecule has 0 aliphatic carbocycles. The fraction of sp³-hybridized carbons (Fsp3) is 0.417. The van der Waals surface area contributed by atoms with E-state index in [0.29, 0.717) is 26.4 Å². The van der Waals surface area contributed by atoms with Crippen molar-refractivity contribution in [1.82, 2.24) is 9.97 Å². The van der Waals surface area contributed by atoms with Gasteiger partial charge in [-0.1, -0.05) is 13.0 Å². The zero-order chi connectivity index (χ0) is 21.6. The third-order valence-electron chi connectivity index (χ3n) is 5.37. The van der Waals surface area contributed by atoms with Gasteiger partial charge in [0.25, 0.3) is 0 Å². The van der Waals surface area contributed by atoms with Crippen molar-refractivity contribution < 1.29 is 14.2 Å². The number of nitrogens with zero attached hydrogens (tertiary/aromatic N) is 3. The summed E-state index contributed by atoms with van der Waals surface area (Å²) >= 11 is 0. The van der Waals surface area contributed by atoms with Gasteiger partial charge in [-0.25, -0.2) is 9.97 Å². The maximum Gasteiger partial charge on any atom is 0.145 e. The summed E-state index contributed by atoms with van der Waals surface area (Å²) in [5.74, 6) is 2.34. The summed E-state index contributed by atoms with van der Waals surface area (Å²) in [4.78, 5) is 11.2. The molecular weight excluding hydrogens is 392 g/mol. The molecule has 1 N–H and O–H groups in total. The number of fused-ring (bicyclic) bond motifs is 1. The lowest BCUT2D eigenvalue weighted by Crippen LogP contribution is -2.36. The van der Waals surface area contributed by atoms with Crippen LogP contribution in [-0.4, -0.2) is 49.5 Å². The van der Waals surface area contributed by atoms with Crippen molar-refractivity contribution in [2.45, 2.75) is 27.2 Å². The fourth-order valence-electron chi connectivity index (χ4n) is 3.80. The molecule has 164 valence electrons. The molecule has 1 aromatic heterocycles. The first-order valence-corrected chi connectivity index (χ1v) is 11.0. The lowest BCUT2D eigenvalue weighted by atomic mass is 10.1. The molecule has 1 aliphatic heterocycles. The zero-order valence-corrected chi connectivity index (χ0v) is 18.5. The van der Waals surface area contributed by atoms with Gasteiger partial charge in [0, 0.05) is 30.6 Å². The van der Waals surface area contributed by atoms with E-state index in [2.05, 4.69) is 45.3 Å². The van der Waals surface area contributed by atoms with Gasteiger partial charge in [0.05, 0.1) is 43.3 Å². The van der Waals surface area contributed by atoms with Gasteiger partial charge < -0.3 is 24.4 Å². The Morgan fingerprint density at radius 1 is 0.968 bits per heavy atom. The van der Waals surface area contributed by atoms with Gasteiger partial charge in [-0.2, -0.15) is 0 Å². The van der Waals surface area contributed by atoms with E-state index >= 15 is 0 Å². The zero-order valence-electron chi connectivity index (χ0n) is 18.5. The number of anilines is 3. The van der Waals surface area contributed by atoms with E-state index in [0.717, 1.165) is 59.1 Å². The molecule has 0 unspecified atom stereocenters. The molecule has 3 aromatic rings. The van der Waals surface area contributed by atoms with Crippen molar-refractivity contribution in [3.63, 3.8) is 0 Å². The van der Waals surface area contributed by atoms with E-state index in [-0.39, 0.29) is 0 Å². The van der Waals surface area contributed by atoms with Gasteiger partial charge in [0.15, 0.2) is 0 Å². The van der Waals surface area contributed by atoms with Crippen LogP contribution in [0.2, 0.25) is 0 Å². The number of ether oxygens (including phenoxy) is 3. The number of benzene rings is 2. The molecule has 7 heteroatoms. The molecule has 0 radical (unpaired) electrons. The summed E-state index contributed by atoms with van der Waals surface area (Å²) < 4.78 is 17.5. The summed E-state index contributed by atoms with van der Waals surface area (Å²) in [7, 11) is 0. The van der Waals surface area contributed by atoms with Crippen LogP contribution in [0.3, 0.4) is 0 Å². The SMILES string of the molecule is CCOc1cc(N2CCOCC2)c(OCC)cc1Nc1ncnc2ccc(CC)cc12. The standard InChI is InChI=1S/C24H30N4O3/c1-4-17-7-8-19-18(13-17)24(26-16-25-19)27-20-14-23(31-6-3)21(15-22(20)30-5-2)28-9-11-29-12-10-28/h7-8,13-16H,4-6,9-12H2,1-3H3,(H,25,26,27). The van der Waals surface area contributed by atoms with Gasteiger partial charge in [0.2, 0.25) is 0 Å². The Balaban J connectivity index is 1.77. The Hall–Kier alpha value is -3.06. The number of hydrogen-bond acceptors (Lipinski definition) is 7. The van der Waals surface area contributed by atoms with E-state index in [1.807, 2.05) is 26.0 Å². The van der Waals surface area contributed by atoms with Crippen molar-refractivity contribution in [3.8, 4) is 11.5 Å². The van der Waals surface area contributed by atoms with Crippen LogP contribution in [0, 0.1) is 0 Å². The van der Waals surface area contributed by atoms with Gasteiger partial charge in [0.1, 0.15) is 23.6 Å². The van der Waals surface area contributed by atoms with E-state index < -0.39 is 0 Å². The van der Waals surface area contributed by atoms with Crippen molar-refractivity contribution in [2.24, 2.45) is 0 Å². The van der Waals surface area contributed by atoms with E-state index in [1.165, 1.54) is 5.56 Å². The fourth-order valence-corrected chi connectivity index (χ4v) is 3.80. The largest absolute Gasteiger partial charge is 0.492 e. The van der Waals surface area contributed by atoms with Crippen LogP contribution < -0.4 is 19.7 Å². The van der Waals surface area contributed by atoms with Crippen LogP contribution in [0.4, 0.5) is 17.2 Å². The second-order valence-electron chi connectivity index (χ2n) is 7.33. The molecule has 1 fully saturated rings. The minimum absolute atomic E-state index is 0.565. The maximum atomic E-state index is 6.01. The Morgan fingerprint density at radius 3 is 2.48 bits per heavy atom. The normalized spacial score (nSPS) is 14.0. The number of hydrogen-bond donors (Lipinski definition) is 1. The Bertz CT molecular complexity index is 1030. The number of rotatable bonds is 8. The summed E-state index contributed by atoms with van der Waals surface area (Å²) in [6, 6.07) is 10.4. The van der Waals surface area contributed by atoms with Crippen molar-refractivity contribution in [3.05, 3.63) is 42.2 Å². The van der Waals surface area contributed by atoms with Crippen molar-refractivity contribution in [2.75, 3.05) is 49.7 Å². The topological polar surface area (TPSA) is 68.7 Å². The average molecular weight is 423 g/mol. The molecule has 2 aromatic carbocycles. The first-order valence-electron chi connectivity index (χ1n) is 11.0. The number of morpholine rings is 1. The summed E-state index contributed by atoms with van der Waals surface area (Å²) in [6.45, 7) is 10.4. The van der Waals surface area contributed by atoms with Crippen LogP contribution in [0.15, 0.2) is 36.7 Å². The molecule has 0 saturated carbocycles. The second-order valence-corrected chi connectivity index (χ2v) is 7.33. The molecule has 4 rings (SSSR count). The highest BCUT2D eigenvalue weighted by molar-refractivity contribution is 5.92. The van der Waals surface area contributed by atoms with Gasteiger partial charge in [-0.05, 0) is 38.0 Å². The highest BCUT2D eigenvalue weighted by Gasteiger charge is 2.20. The minimum Gasteiger partial charge on any atom is -0.492 e. The minimum atomic E-state index is 0.565. The highest BCUT2D eigenvalue weighted by Crippen LogP contribution is 2.41. The molecule has 2 heterocycles. The lowest BCUT2D eigenvalue weighted by molar-refractivity contribution is 0.122. The summed E-state index contributed by atoms with van der Waals surface area (Å²) in [5.41, 5.74) is 4.00. The van der Waals surface area contributed by atoms with E-state index in [1.54, 1.807) is 6.33 Å². The van der Waals surface area contributed by atoms with Gasteiger partial charge in [-0.15, -0.1) is 0 Å². The van der Waals surface area contributed by atoms with Crippen LogP contribution in [0.5, 0.6) is 11.5 Å². The molecule has 0 spiro atoms. The maximum absolute atomic E-state index is 6.01. The van der Waals surface area contributed by atoms with E-state index in [9.17, 15) is 0 Å². The van der Waals surface area contributed by atoms with Crippen LogP contribution in [-0.2, 0) is 11.2 Å². The molecule has 7 nitrogen and oxygen atoms in total. The molecule has 0 bridgehead atoms. The molecule has 1 saturated heterocycles. The van der Waals surface area contributed by atoms with Crippen molar-refractivity contribution >= 4 is 28.1 Å². The molecule has 0 atom stereocenters. The summed E-state index contributed by atoms with van der Waals surface area (Å²) in [6.07, 6.45) is 2.54. The average Bonchev–Trinajstić information content (AvgIpc) is 2.81. The number of aromatic nitrogens is 2. The molecule has 1 aliphatic rings. The third-order valence-corrected chi connectivity index (χ3v) is 5.37. The number of aryl methyl sites for hydroxylation is 1. The third kappa shape index (κ3) is 4.66. The predicted octanol–water partition coefficient (Wildman–Crippen LogP) is 4.57. The summed E-state index contributed by atoms with van der Waals surface area (Å²) in [5, 5.41) is 4.47. The quantitative estimate of drug-likeness (QED) is 0.570. The smallest absolute Gasteiger partial charge is 0.145 e. The lowest BCUT2D eigenvalue weighted by Gasteiger charge is -2.31. The van der Waals surface area contributed by atoms with Gasteiger partial charge >= 0.3 is 0 Å². The highest BCUT2D eigenvalue weighted by atomic mass is 16.5. The van der Waals surface area contributed by atoms with Crippen LogP contribution >= 0.6 is 0 Å². The number of nitrogens with one attached hydrogen (secondary N) is 1. The Labute approximate surface area is 183 Å². The van der Waals surface area contributed by atoms with E-state index in [4.69, 9.17) is 14.2 Å². The Kier molecular flexibility index (Phi) is 6.72. The molecule has 31 heavy (non-hydrogen) atoms. The Morgan fingerprint density at radius 2 is 1.74 bits per heavy atom.